The van der Waals surface area contributed by atoms with Gasteiger partial charge in [-0.15, -0.1) is 4.83 Å². The van der Waals surface area contributed by atoms with Gasteiger partial charge in [0.25, 0.3) is 10.0 Å². The van der Waals surface area contributed by atoms with Crippen LogP contribution >= 0.6 is 0 Å². The fourth-order valence-electron chi connectivity index (χ4n) is 1.55. The van der Waals surface area contributed by atoms with Gasteiger partial charge in [-0.25, -0.2) is 12.8 Å². The molecule has 0 fully saturated rings. The number of hydrogen-bond acceptors (Lipinski definition) is 5. The number of hydrogen-bond donors (Lipinski definition) is 3. The normalized spacial score (nSPS) is 11.0. The van der Waals surface area contributed by atoms with Crippen molar-refractivity contribution in [2.45, 2.75) is 11.4 Å². The molecule has 1 heterocycles. The monoisotopic (exact) mass is 341 g/mol. The van der Waals surface area contributed by atoms with E-state index in [0.29, 0.717) is 5.76 Å². The summed E-state index contributed by atoms with van der Waals surface area (Å²) in [5, 5.41) is 2.22. The first-order chi connectivity index (χ1) is 10.9. The average Bonchev–Trinajstić information content (AvgIpc) is 3.04. The van der Waals surface area contributed by atoms with E-state index in [9.17, 15) is 22.4 Å². The van der Waals surface area contributed by atoms with Crippen molar-refractivity contribution >= 4 is 21.8 Å². The molecule has 0 aliphatic rings. The Morgan fingerprint density at radius 3 is 2.48 bits per heavy atom. The molecule has 2 amide bonds. The minimum Gasteiger partial charge on any atom is -0.467 e. The Morgan fingerprint density at radius 1 is 1.09 bits per heavy atom. The molecule has 8 nitrogen and oxygen atoms in total. The number of carbonyl (C=O) groups is 2. The molecule has 0 bridgehead atoms. The highest BCUT2D eigenvalue weighted by Gasteiger charge is 2.21. The third kappa shape index (κ3) is 4.37. The molecule has 122 valence electrons. The Morgan fingerprint density at radius 2 is 1.83 bits per heavy atom. The standard InChI is InChI=1S/C13H12FN3O5S/c14-10-5-1-2-6-11(10)23(20,21)17-16-13(19)12(18)15-8-9-4-3-7-22-9/h1-7,17H,8H2,(H,15,18)(H,16,19). The number of furan rings is 1. The van der Waals surface area contributed by atoms with E-state index in [4.69, 9.17) is 4.42 Å². The van der Waals surface area contributed by atoms with Gasteiger partial charge in [0.05, 0.1) is 12.8 Å². The highest BCUT2D eigenvalue weighted by atomic mass is 32.2. The first-order valence-corrected chi connectivity index (χ1v) is 7.75. The predicted octanol–water partition coefficient (Wildman–Crippen LogP) is 0.0446. The first kappa shape index (κ1) is 16.6. The van der Waals surface area contributed by atoms with Crippen LogP contribution in [0.15, 0.2) is 52.0 Å². The van der Waals surface area contributed by atoms with E-state index in [1.807, 2.05) is 0 Å². The molecule has 0 aliphatic carbocycles. The van der Waals surface area contributed by atoms with Crippen LogP contribution in [0, 0.1) is 5.82 Å². The van der Waals surface area contributed by atoms with Crippen molar-refractivity contribution in [3.63, 3.8) is 0 Å². The van der Waals surface area contributed by atoms with Crippen LogP contribution in [0.3, 0.4) is 0 Å². The lowest BCUT2D eigenvalue weighted by Crippen LogP contribution is -2.48. The quantitative estimate of drug-likeness (QED) is 0.524. The molecular weight excluding hydrogens is 329 g/mol. The summed E-state index contributed by atoms with van der Waals surface area (Å²) in [7, 11) is -4.33. The smallest absolute Gasteiger partial charge is 0.324 e. The lowest BCUT2D eigenvalue weighted by molar-refractivity contribution is -0.139. The molecule has 10 heteroatoms. The van der Waals surface area contributed by atoms with Crippen molar-refractivity contribution in [1.29, 1.82) is 0 Å². The van der Waals surface area contributed by atoms with Crippen molar-refractivity contribution in [3.05, 3.63) is 54.2 Å². The highest BCUT2D eigenvalue weighted by Crippen LogP contribution is 2.12. The van der Waals surface area contributed by atoms with Crippen LogP contribution in [-0.4, -0.2) is 20.2 Å². The summed E-state index contributed by atoms with van der Waals surface area (Å²) in [4.78, 5) is 24.0. The number of halogens is 1. The molecule has 3 N–H and O–H groups in total. The van der Waals surface area contributed by atoms with E-state index in [2.05, 4.69) is 5.32 Å². The molecule has 0 radical (unpaired) electrons. The maximum Gasteiger partial charge on any atom is 0.324 e. The van der Waals surface area contributed by atoms with E-state index >= 15 is 0 Å². The highest BCUT2D eigenvalue weighted by molar-refractivity contribution is 7.89. The molecule has 0 atom stereocenters. The van der Waals surface area contributed by atoms with Gasteiger partial charge in [0.1, 0.15) is 16.5 Å². The number of benzene rings is 1. The Bertz CT molecular complexity index is 805. The summed E-state index contributed by atoms with van der Waals surface area (Å²) in [5.41, 5.74) is 1.69. The van der Waals surface area contributed by atoms with Crippen molar-refractivity contribution < 1.29 is 26.8 Å². The molecule has 0 spiro atoms. The maximum atomic E-state index is 13.4. The SMILES string of the molecule is O=C(NCc1ccco1)C(=O)NNS(=O)(=O)c1ccccc1F. The lowest BCUT2D eigenvalue weighted by atomic mass is 10.4. The van der Waals surface area contributed by atoms with Gasteiger partial charge in [-0.2, -0.15) is 0 Å². The summed E-state index contributed by atoms with van der Waals surface area (Å²) >= 11 is 0. The van der Waals surface area contributed by atoms with Gasteiger partial charge in [0.15, 0.2) is 0 Å². The Labute approximate surface area is 130 Å². The summed E-state index contributed by atoms with van der Waals surface area (Å²) in [5.74, 6) is -2.91. The second-order valence-electron chi connectivity index (χ2n) is 4.25. The van der Waals surface area contributed by atoms with E-state index in [1.165, 1.54) is 18.4 Å². The largest absolute Gasteiger partial charge is 0.467 e. The van der Waals surface area contributed by atoms with E-state index in [0.717, 1.165) is 12.1 Å². The van der Waals surface area contributed by atoms with Gasteiger partial charge in [0, 0.05) is 0 Å². The van der Waals surface area contributed by atoms with Crippen LogP contribution in [0.2, 0.25) is 0 Å². The Kier molecular flexibility index (Phi) is 5.09. The van der Waals surface area contributed by atoms with Crippen molar-refractivity contribution in [1.82, 2.24) is 15.6 Å². The second-order valence-corrected chi connectivity index (χ2v) is 5.90. The number of hydrazine groups is 1. The van der Waals surface area contributed by atoms with Crippen molar-refractivity contribution in [2.75, 3.05) is 0 Å². The van der Waals surface area contributed by atoms with E-state index < -0.39 is 32.6 Å². The molecule has 0 unspecified atom stereocenters. The zero-order valence-corrected chi connectivity index (χ0v) is 12.4. The first-order valence-electron chi connectivity index (χ1n) is 6.27. The van der Waals surface area contributed by atoms with Crippen molar-refractivity contribution in [2.24, 2.45) is 0 Å². The van der Waals surface area contributed by atoms with Gasteiger partial charge in [-0.05, 0) is 24.3 Å². The summed E-state index contributed by atoms with van der Waals surface area (Å²) in [6.07, 6.45) is 1.39. The zero-order valence-electron chi connectivity index (χ0n) is 11.6. The number of amides is 2. The van der Waals surface area contributed by atoms with Crippen LogP contribution in [0.25, 0.3) is 0 Å². The Balaban J connectivity index is 1.90. The summed E-state index contributed by atoms with van der Waals surface area (Å²) < 4.78 is 42.0. The number of rotatable bonds is 5. The molecule has 0 saturated heterocycles. The zero-order chi connectivity index (χ0) is 16.9. The average molecular weight is 341 g/mol. The topological polar surface area (TPSA) is 118 Å². The molecule has 2 rings (SSSR count). The summed E-state index contributed by atoms with van der Waals surface area (Å²) in [6.45, 7) is -0.0423. The molecule has 0 saturated carbocycles. The van der Waals surface area contributed by atoms with Gasteiger partial charge < -0.3 is 9.73 Å². The van der Waals surface area contributed by atoms with Crippen LogP contribution in [-0.2, 0) is 26.2 Å². The number of nitrogens with one attached hydrogen (secondary N) is 3. The summed E-state index contributed by atoms with van der Waals surface area (Å²) in [6, 6.07) is 7.78. The van der Waals surface area contributed by atoms with Gasteiger partial charge in [-0.3, -0.25) is 15.0 Å². The van der Waals surface area contributed by atoms with Gasteiger partial charge in [0.2, 0.25) is 0 Å². The molecule has 0 aliphatic heterocycles. The maximum absolute atomic E-state index is 13.4. The van der Waals surface area contributed by atoms with Crippen LogP contribution in [0.5, 0.6) is 0 Å². The fraction of sp³-hybridized carbons (Fsp3) is 0.0769. The molecule has 1 aromatic heterocycles. The van der Waals surface area contributed by atoms with Gasteiger partial charge >= 0.3 is 11.8 Å². The van der Waals surface area contributed by atoms with E-state index in [1.54, 1.807) is 22.4 Å². The van der Waals surface area contributed by atoms with Crippen molar-refractivity contribution in [3.8, 4) is 0 Å². The third-order valence-corrected chi connectivity index (χ3v) is 3.92. The fourth-order valence-corrected chi connectivity index (χ4v) is 2.47. The van der Waals surface area contributed by atoms with Crippen LogP contribution in [0.1, 0.15) is 5.76 Å². The van der Waals surface area contributed by atoms with Crippen LogP contribution < -0.4 is 15.6 Å². The van der Waals surface area contributed by atoms with E-state index in [-0.39, 0.29) is 6.54 Å². The minimum absolute atomic E-state index is 0.0423. The molecular formula is C13H12FN3O5S. The molecule has 1 aromatic carbocycles. The van der Waals surface area contributed by atoms with Gasteiger partial charge in [-0.1, -0.05) is 12.1 Å². The molecule has 23 heavy (non-hydrogen) atoms. The number of sulfonamides is 1. The third-order valence-electron chi connectivity index (χ3n) is 2.63. The second kappa shape index (κ2) is 7.03. The predicted molar refractivity (Wildman–Crippen MR) is 75.4 cm³/mol. The number of carbonyl (C=O) groups excluding carboxylic acids is 2. The lowest BCUT2D eigenvalue weighted by Gasteiger charge is -2.08. The minimum atomic E-state index is -4.33. The Hall–Kier alpha value is -2.72. The molecule has 2 aromatic rings. The van der Waals surface area contributed by atoms with Crippen LogP contribution in [0.4, 0.5) is 4.39 Å².